The highest BCUT2D eigenvalue weighted by Crippen LogP contribution is 2.23. The van der Waals surface area contributed by atoms with Crippen LogP contribution < -0.4 is 14.8 Å². The van der Waals surface area contributed by atoms with Crippen molar-refractivity contribution < 1.29 is 14.8 Å². The van der Waals surface area contributed by atoms with Gasteiger partial charge in [0.1, 0.15) is 24.6 Å². The summed E-state index contributed by atoms with van der Waals surface area (Å²) in [6.07, 6.45) is 7.22. The lowest BCUT2D eigenvalue weighted by atomic mass is 10.0. The van der Waals surface area contributed by atoms with Gasteiger partial charge in [0.2, 0.25) is 0 Å². The molecule has 0 fully saturated rings. The SMILES string of the molecule is COc1ccc(C[NH2+]CC#CC2=CCCCC2)c(OC)c1. The van der Waals surface area contributed by atoms with E-state index in [0.29, 0.717) is 0 Å². The second kappa shape index (κ2) is 8.39. The normalized spacial score (nSPS) is 13.9. The van der Waals surface area contributed by atoms with E-state index in [2.05, 4.69) is 23.2 Å². The Morgan fingerprint density at radius 3 is 2.81 bits per heavy atom. The monoisotopic (exact) mass is 286 g/mol. The first-order valence-electron chi connectivity index (χ1n) is 7.54. The third-order valence-corrected chi connectivity index (χ3v) is 3.64. The quantitative estimate of drug-likeness (QED) is 0.666. The van der Waals surface area contributed by atoms with E-state index in [1.54, 1.807) is 14.2 Å². The van der Waals surface area contributed by atoms with Crippen LogP contribution in [0.5, 0.6) is 11.5 Å². The van der Waals surface area contributed by atoms with Crippen molar-refractivity contribution in [1.82, 2.24) is 0 Å². The molecule has 21 heavy (non-hydrogen) atoms. The highest BCUT2D eigenvalue weighted by molar-refractivity contribution is 5.40. The van der Waals surface area contributed by atoms with E-state index in [0.717, 1.165) is 36.6 Å². The van der Waals surface area contributed by atoms with E-state index in [-0.39, 0.29) is 0 Å². The van der Waals surface area contributed by atoms with E-state index in [9.17, 15) is 0 Å². The van der Waals surface area contributed by atoms with Gasteiger partial charge in [-0.25, -0.2) is 0 Å². The number of quaternary nitrogens is 1. The second-order valence-electron chi connectivity index (χ2n) is 5.15. The van der Waals surface area contributed by atoms with E-state index in [1.165, 1.54) is 24.8 Å². The Morgan fingerprint density at radius 2 is 2.10 bits per heavy atom. The molecule has 0 aliphatic heterocycles. The van der Waals surface area contributed by atoms with Crippen molar-refractivity contribution in [3.8, 4) is 23.3 Å². The minimum absolute atomic E-state index is 0.812. The molecule has 1 aromatic carbocycles. The third-order valence-electron chi connectivity index (χ3n) is 3.64. The van der Waals surface area contributed by atoms with Crippen LogP contribution in [0.15, 0.2) is 29.8 Å². The molecule has 112 valence electrons. The molecule has 1 aromatic rings. The van der Waals surface area contributed by atoms with E-state index >= 15 is 0 Å². The van der Waals surface area contributed by atoms with Crippen LogP contribution in [0, 0.1) is 11.8 Å². The van der Waals surface area contributed by atoms with Crippen LogP contribution in [0.2, 0.25) is 0 Å². The van der Waals surface area contributed by atoms with Crippen molar-refractivity contribution in [3.05, 3.63) is 35.4 Å². The van der Waals surface area contributed by atoms with Gasteiger partial charge in [-0.05, 0) is 49.3 Å². The minimum atomic E-state index is 0.812. The molecule has 0 unspecified atom stereocenters. The lowest BCUT2D eigenvalue weighted by molar-refractivity contribution is -0.660. The Kier molecular flexibility index (Phi) is 6.18. The van der Waals surface area contributed by atoms with Gasteiger partial charge >= 0.3 is 0 Å². The zero-order chi connectivity index (χ0) is 14.9. The molecule has 3 nitrogen and oxygen atoms in total. The summed E-state index contributed by atoms with van der Waals surface area (Å²) in [4.78, 5) is 0. The fourth-order valence-corrected chi connectivity index (χ4v) is 2.44. The van der Waals surface area contributed by atoms with Crippen LogP contribution in [0.3, 0.4) is 0 Å². The maximum absolute atomic E-state index is 5.39. The molecule has 3 heteroatoms. The van der Waals surface area contributed by atoms with Crippen molar-refractivity contribution in [2.45, 2.75) is 32.2 Å². The molecule has 0 bridgehead atoms. The lowest BCUT2D eigenvalue weighted by Crippen LogP contribution is -2.82. The fraction of sp³-hybridized carbons (Fsp3) is 0.444. The summed E-state index contributed by atoms with van der Waals surface area (Å²) in [5.41, 5.74) is 2.48. The number of nitrogens with two attached hydrogens (primary N) is 1. The van der Waals surface area contributed by atoms with E-state index < -0.39 is 0 Å². The Balaban J connectivity index is 1.83. The minimum Gasteiger partial charge on any atom is -0.497 e. The topological polar surface area (TPSA) is 35.1 Å². The maximum Gasteiger partial charge on any atom is 0.138 e. The molecule has 0 amide bonds. The average Bonchev–Trinajstić information content (AvgIpc) is 2.55. The number of benzene rings is 1. The molecular weight excluding hydrogens is 262 g/mol. The van der Waals surface area contributed by atoms with Crippen LogP contribution >= 0.6 is 0 Å². The number of hydrogen-bond acceptors (Lipinski definition) is 2. The Morgan fingerprint density at radius 1 is 1.19 bits per heavy atom. The summed E-state index contributed by atoms with van der Waals surface area (Å²) in [5.74, 6) is 8.22. The van der Waals surface area contributed by atoms with Gasteiger partial charge in [0.25, 0.3) is 0 Å². The summed E-state index contributed by atoms with van der Waals surface area (Å²) in [6.45, 7) is 1.67. The van der Waals surface area contributed by atoms with Crippen LogP contribution in [0.4, 0.5) is 0 Å². The van der Waals surface area contributed by atoms with Gasteiger partial charge in [-0.3, -0.25) is 0 Å². The summed E-state index contributed by atoms with van der Waals surface area (Å²) in [7, 11) is 3.35. The average molecular weight is 286 g/mol. The molecular formula is C18H24NO2+. The number of methoxy groups -OCH3 is 2. The smallest absolute Gasteiger partial charge is 0.138 e. The molecule has 0 saturated carbocycles. The number of allylic oxidation sites excluding steroid dienone is 2. The van der Waals surface area contributed by atoms with Crippen LogP contribution in [0.25, 0.3) is 0 Å². The second-order valence-corrected chi connectivity index (χ2v) is 5.15. The van der Waals surface area contributed by atoms with Crippen LogP contribution in [-0.2, 0) is 6.54 Å². The Hall–Kier alpha value is -1.92. The molecule has 0 heterocycles. The maximum atomic E-state index is 5.39. The summed E-state index contributed by atoms with van der Waals surface area (Å²) >= 11 is 0. The molecule has 2 N–H and O–H groups in total. The lowest BCUT2D eigenvalue weighted by Gasteiger charge is -2.08. The van der Waals surface area contributed by atoms with Gasteiger partial charge in [0, 0.05) is 11.6 Å². The van der Waals surface area contributed by atoms with E-state index in [1.807, 2.05) is 18.2 Å². The molecule has 0 saturated heterocycles. The van der Waals surface area contributed by atoms with Crippen molar-refractivity contribution in [2.75, 3.05) is 20.8 Å². The van der Waals surface area contributed by atoms with Gasteiger partial charge in [-0.2, -0.15) is 0 Å². The fourth-order valence-electron chi connectivity index (χ4n) is 2.44. The first-order valence-corrected chi connectivity index (χ1v) is 7.54. The molecule has 0 spiro atoms. The molecule has 0 atom stereocenters. The highest BCUT2D eigenvalue weighted by Gasteiger charge is 2.06. The van der Waals surface area contributed by atoms with Crippen LogP contribution in [-0.4, -0.2) is 20.8 Å². The Bertz CT molecular complexity index is 552. The van der Waals surface area contributed by atoms with Crippen molar-refractivity contribution in [1.29, 1.82) is 0 Å². The van der Waals surface area contributed by atoms with Gasteiger partial charge in [-0.1, -0.05) is 12.0 Å². The zero-order valence-electron chi connectivity index (χ0n) is 12.9. The predicted molar refractivity (Wildman–Crippen MR) is 84.4 cm³/mol. The first-order chi connectivity index (χ1) is 10.3. The molecule has 0 aromatic heterocycles. The standard InChI is InChI=1S/C18H23NO2/c1-20-17-11-10-16(18(13-17)21-2)14-19-12-6-9-15-7-4-3-5-8-15/h7,10-11,13,19H,3-5,8,12,14H2,1-2H3/p+1. The zero-order valence-corrected chi connectivity index (χ0v) is 12.9. The van der Waals surface area contributed by atoms with Gasteiger partial charge in [-0.15, -0.1) is 0 Å². The predicted octanol–water partition coefficient (Wildman–Crippen LogP) is 2.27. The van der Waals surface area contributed by atoms with Gasteiger partial charge in [0.05, 0.1) is 14.2 Å². The molecule has 0 radical (unpaired) electrons. The summed E-state index contributed by atoms with van der Waals surface area (Å²) in [6, 6.07) is 5.93. The molecule has 1 aliphatic carbocycles. The summed E-state index contributed by atoms with van der Waals surface area (Å²) < 4.78 is 10.6. The van der Waals surface area contributed by atoms with Crippen molar-refractivity contribution >= 4 is 0 Å². The first kappa shape index (κ1) is 15.5. The molecule has 2 rings (SSSR count). The van der Waals surface area contributed by atoms with Crippen molar-refractivity contribution in [3.63, 3.8) is 0 Å². The highest BCUT2D eigenvalue weighted by atomic mass is 16.5. The van der Waals surface area contributed by atoms with Gasteiger partial charge < -0.3 is 14.8 Å². The summed E-state index contributed by atoms with van der Waals surface area (Å²) in [5, 5.41) is 2.20. The number of ether oxygens (including phenoxy) is 2. The van der Waals surface area contributed by atoms with Gasteiger partial charge in [0.15, 0.2) is 0 Å². The van der Waals surface area contributed by atoms with Crippen LogP contribution in [0.1, 0.15) is 31.2 Å². The molecule has 1 aliphatic rings. The van der Waals surface area contributed by atoms with Crippen molar-refractivity contribution in [2.24, 2.45) is 0 Å². The number of hydrogen-bond donors (Lipinski definition) is 1. The Labute approximate surface area is 127 Å². The third kappa shape index (κ3) is 4.84. The van der Waals surface area contributed by atoms with E-state index in [4.69, 9.17) is 9.47 Å². The number of rotatable bonds is 5. The largest absolute Gasteiger partial charge is 0.497 e.